The number of nitrogens with zero attached hydrogens (tertiary/aromatic N) is 3. The molecule has 0 unspecified atom stereocenters. The number of hydrogen-bond acceptors (Lipinski definition) is 7. The zero-order valence-electron chi connectivity index (χ0n) is 16.0. The van der Waals surface area contributed by atoms with Crippen LogP contribution in [0, 0.1) is 0 Å². The number of rotatable bonds is 5. The van der Waals surface area contributed by atoms with Crippen LogP contribution in [-0.4, -0.2) is 32.4 Å². The number of phenolic OH excluding ortho intramolecular Hbond substituents is 2. The van der Waals surface area contributed by atoms with E-state index >= 15 is 0 Å². The van der Waals surface area contributed by atoms with Gasteiger partial charge in [0.05, 0.1) is 23.9 Å². The van der Waals surface area contributed by atoms with E-state index in [0.717, 1.165) is 21.8 Å². The molecule has 2 aromatic carbocycles. The number of carbonyl (C=O) groups excluding carboxylic acids is 1. The molecule has 7 nitrogen and oxygen atoms in total. The molecule has 4 rings (SSSR count). The molecule has 2 heterocycles. The van der Waals surface area contributed by atoms with Crippen molar-refractivity contribution in [3.05, 3.63) is 87.1 Å². The number of phenols is 2. The van der Waals surface area contributed by atoms with Gasteiger partial charge in [-0.3, -0.25) is 9.69 Å². The standard InChI is InChI=1S/C22H16BrN3O4S/c23-16-5-8-19(28)15(10-16)11-20-21(29)26(13-18-2-1-9-30-18)22(31-20)25-24-12-14-3-6-17(27)7-4-14/h1-12,27-28H,13H2/b20-11-,24-12+,25-22-. The number of carbonyl (C=O) groups is 1. The monoisotopic (exact) mass is 497 g/mol. The van der Waals surface area contributed by atoms with Gasteiger partial charge in [-0.25, -0.2) is 0 Å². The topological polar surface area (TPSA) is 98.6 Å². The summed E-state index contributed by atoms with van der Waals surface area (Å²) in [7, 11) is 0. The summed E-state index contributed by atoms with van der Waals surface area (Å²) in [5.41, 5.74) is 1.26. The van der Waals surface area contributed by atoms with Gasteiger partial charge >= 0.3 is 0 Å². The number of amides is 1. The Hall–Kier alpha value is -3.30. The van der Waals surface area contributed by atoms with Crippen molar-refractivity contribution in [3.63, 3.8) is 0 Å². The van der Waals surface area contributed by atoms with Crippen molar-refractivity contribution in [2.75, 3.05) is 0 Å². The first-order chi connectivity index (χ1) is 15.0. The van der Waals surface area contributed by atoms with Crippen LogP contribution in [0.1, 0.15) is 16.9 Å². The van der Waals surface area contributed by atoms with E-state index in [1.165, 1.54) is 11.1 Å². The Morgan fingerprint density at radius 1 is 1.13 bits per heavy atom. The molecule has 1 aliphatic heterocycles. The van der Waals surface area contributed by atoms with Gasteiger partial charge in [0.25, 0.3) is 5.91 Å². The Bertz CT molecular complexity index is 1190. The third-order valence-electron chi connectivity index (χ3n) is 4.30. The predicted octanol–water partition coefficient (Wildman–Crippen LogP) is 4.96. The fourth-order valence-corrected chi connectivity index (χ4v) is 4.07. The summed E-state index contributed by atoms with van der Waals surface area (Å²) in [6, 6.07) is 15.0. The third-order valence-corrected chi connectivity index (χ3v) is 5.79. The first-order valence-electron chi connectivity index (χ1n) is 9.12. The van der Waals surface area contributed by atoms with Gasteiger partial charge in [0, 0.05) is 10.0 Å². The summed E-state index contributed by atoms with van der Waals surface area (Å²) >= 11 is 4.53. The molecule has 0 aliphatic carbocycles. The molecule has 1 amide bonds. The van der Waals surface area contributed by atoms with Crippen molar-refractivity contribution in [3.8, 4) is 11.5 Å². The molecule has 0 atom stereocenters. The number of amidine groups is 1. The second-order valence-electron chi connectivity index (χ2n) is 6.50. The minimum atomic E-state index is -0.264. The van der Waals surface area contributed by atoms with E-state index in [2.05, 4.69) is 26.1 Å². The molecule has 2 N–H and O–H groups in total. The Kier molecular flexibility index (Phi) is 6.24. The molecular formula is C22H16BrN3O4S. The average Bonchev–Trinajstić information content (AvgIpc) is 3.36. The number of furan rings is 1. The van der Waals surface area contributed by atoms with Crippen LogP contribution in [0.15, 0.2) is 84.9 Å². The van der Waals surface area contributed by atoms with Gasteiger partial charge in [0.1, 0.15) is 17.3 Å². The highest BCUT2D eigenvalue weighted by Gasteiger charge is 2.34. The largest absolute Gasteiger partial charge is 0.508 e. The van der Waals surface area contributed by atoms with Crippen molar-refractivity contribution in [2.45, 2.75) is 6.54 Å². The van der Waals surface area contributed by atoms with Gasteiger partial charge in [0.15, 0.2) is 5.17 Å². The number of benzene rings is 2. The highest BCUT2D eigenvalue weighted by molar-refractivity contribution is 9.10. The minimum absolute atomic E-state index is 0.0671. The van der Waals surface area contributed by atoms with Crippen molar-refractivity contribution in [2.24, 2.45) is 10.2 Å². The summed E-state index contributed by atoms with van der Waals surface area (Å²) in [6.45, 7) is 0.203. The average molecular weight is 498 g/mol. The summed E-state index contributed by atoms with van der Waals surface area (Å²) in [5, 5.41) is 28.2. The zero-order valence-corrected chi connectivity index (χ0v) is 18.4. The predicted molar refractivity (Wildman–Crippen MR) is 124 cm³/mol. The molecular weight excluding hydrogens is 482 g/mol. The van der Waals surface area contributed by atoms with Gasteiger partial charge in [0.2, 0.25) is 0 Å². The van der Waals surface area contributed by atoms with Crippen LogP contribution < -0.4 is 0 Å². The summed E-state index contributed by atoms with van der Waals surface area (Å²) in [5.74, 6) is 0.572. The van der Waals surface area contributed by atoms with Crippen LogP contribution in [0.3, 0.4) is 0 Å². The van der Waals surface area contributed by atoms with E-state index in [1.54, 1.807) is 66.9 Å². The fourth-order valence-electron chi connectivity index (χ4n) is 2.77. The molecule has 1 aromatic heterocycles. The highest BCUT2D eigenvalue weighted by Crippen LogP contribution is 2.35. The fraction of sp³-hybridized carbons (Fsp3) is 0.0455. The molecule has 31 heavy (non-hydrogen) atoms. The van der Waals surface area contributed by atoms with Crippen molar-refractivity contribution in [1.82, 2.24) is 4.90 Å². The Morgan fingerprint density at radius 3 is 2.68 bits per heavy atom. The first-order valence-corrected chi connectivity index (χ1v) is 10.7. The molecule has 0 spiro atoms. The molecule has 156 valence electrons. The van der Waals surface area contributed by atoms with E-state index < -0.39 is 0 Å². The van der Waals surface area contributed by atoms with E-state index in [1.807, 2.05) is 0 Å². The molecule has 1 saturated heterocycles. The second-order valence-corrected chi connectivity index (χ2v) is 8.43. The van der Waals surface area contributed by atoms with Crippen LogP contribution in [0.2, 0.25) is 0 Å². The van der Waals surface area contributed by atoms with Crippen LogP contribution in [-0.2, 0) is 11.3 Å². The highest BCUT2D eigenvalue weighted by atomic mass is 79.9. The van der Waals surface area contributed by atoms with Crippen LogP contribution in [0.25, 0.3) is 6.08 Å². The molecule has 0 bridgehead atoms. The molecule has 3 aromatic rings. The molecule has 1 fully saturated rings. The van der Waals surface area contributed by atoms with Gasteiger partial charge in [-0.1, -0.05) is 15.9 Å². The van der Waals surface area contributed by atoms with Gasteiger partial charge in [-0.15, -0.1) is 5.10 Å². The smallest absolute Gasteiger partial charge is 0.267 e. The molecule has 0 saturated carbocycles. The summed E-state index contributed by atoms with van der Waals surface area (Å²) in [4.78, 5) is 14.9. The SMILES string of the molecule is O=C1/C(=C/c2cc(Br)ccc2O)S/C(=N\N=C\c2ccc(O)cc2)N1Cc1ccco1. The maximum absolute atomic E-state index is 13.1. The first kappa shape index (κ1) is 21.0. The maximum atomic E-state index is 13.1. The van der Waals surface area contributed by atoms with Crippen LogP contribution >= 0.6 is 27.7 Å². The zero-order chi connectivity index (χ0) is 21.8. The number of aromatic hydroxyl groups is 2. The third kappa shape index (κ3) is 5.07. The normalized spacial score (nSPS) is 16.8. The van der Waals surface area contributed by atoms with Crippen molar-refractivity contribution < 1.29 is 19.4 Å². The molecule has 1 aliphatic rings. The van der Waals surface area contributed by atoms with Crippen LogP contribution in [0.5, 0.6) is 11.5 Å². The van der Waals surface area contributed by atoms with E-state index in [4.69, 9.17) is 4.42 Å². The number of hydrogen-bond donors (Lipinski definition) is 2. The Morgan fingerprint density at radius 2 is 1.94 bits per heavy atom. The van der Waals surface area contributed by atoms with Crippen molar-refractivity contribution >= 4 is 51.1 Å². The lowest BCUT2D eigenvalue weighted by atomic mass is 10.2. The minimum Gasteiger partial charge on any atom is -0.508 e. The Balaban J connectivity index is 1.64. The maximum Gasteiger partial charge on any atom is 0.267 e. The van der Waals surface area contributed by atoms with Crippen LogP contribution in [0.4, 0.5) is 0 Å². The van der Waals surface area contributed by atoms with Crippen molar-refractivity contribution in [1.29, 1.82) is 0 Å². The van der Waals surface area contributed by atoms with E-state index in [0.29, 0.717) is 21.4 Å². The van der Waals surface area contributed by atoms with Gasteiger partial charge in [-0.2, -0.15) is 5.10 Å². The lowest BCUT2D eigenvalue weighted by Gasteiger charge is -2.12. The summed E-state index contributed by atoms with van der Waals surface area (Å²) in [6.07, 6.45) is 4.69. The van der Waals surface area contributed by atoms with E-state index in [-0.39, 0.29) is 24.0 Å². The number of thioether (sulfide) groups is 1. The quantitative estimate of drug-likeness (QED) is 0.294. The number of halogens is 1. The van der Waals surface area contributed by atoms with E-state index in [9.17, 15) is 15.0 Å². The van der Waals surface area contributed by atoms with Gasteiger partial charge in [-0.05, 0) is 78.0 Å². The van der Waals surface area contributed by atoms with Gasteiger partial charge < -0.3 is 14.6 Å². The molecule has 9 heteroatoms. The summed E-state index contributed by atoms with van der Waals surface area (Å²) < 4.78 is 6.16. The lowest BCUT2D eigenvalue weighted by molar-refractivity contribution is -0.122. The lowest BCUT2D eigenvalue weighted by Crippen LogP contribution is -2.28. The molecule has 0 radical (unpaired) electrons. The Labute approximate surface area is 190 Å². The second kappa shape index (κ2) is 9.23.